The number of imide groups is 2. The van der Waals surface area contributed by atoms with Gasteiger partial charge in [0.1, 0.15) is 17.9 Å². The molecule has 0 bridgehead atoms. The van der Waals surface area contributed by atoms with Gasteiger partial charge in [0, 0.05) is 0 Å². The van der Waals surface area contributed by atoms with Gasteiger partial charge in [-0.2, -0.15) is 0 Å². The summed E-state index contributed by atoms with van der Waals surface area (Å²) >= 11 is 6.24. The molecular formula is C26H27ClN2O6. The number of urea groups is 1. The van der Waals surface area contributed by atoms with Crippen LogP contribution >= 0.6 is 11.6 Å². The maximum absolute atomic E-state index is 13.1. The van der Waals surface area contributed by atoms with Crippen molar-refractivity contribution in [1.29, 1.82) is 0 Å². The van der Waals surface area contributed by atoms with E-state index in [1.54, 1.807) is 42.5 Å². The summed E-state index contributed by atoms with van der Waals surface area (Å²) in [5, 5.41) is 2.53. The number of rotatable bonds is 11. The zero-order chi connectivity index (χ0) is 25.4. The average molecular weight is 499 g/mol. The Kier molecular flexibility index (Phi) is 8.92. The third kappa shape index (κ3) is 6.42. The first kappa shape index (κ1) is 25.8. The van der Waals surface area contributed by atoms with Gasteiger partial charge in [-0.25, -0.2) is 4.79 Å². The smallest absolute Gasteiger partial charge is 0.331 e. The van der Waals surface area contributed by atoms with Crippen molar-refractivity contribution in [1.82, 2.24) is 10.2 Å². The summed E-state index contributed by atoms with van der Waals surface area (Å²) in [5.74, 6) is 0.0498. The molecule has 0 aliphatic carbocycles. The van der Waals surface area contributed by atoms with Crippen LogP contribution < -0.4 is 19.5 Å². The van der Waals surface area contributed by atoms with Gasteiger partial charge in [-0.15, -0.1) is 0 Å². The van der Waals surface area contributed by atoms with Crippen LogP contribution in [-0.4, -0.2) is 42.6 Å². The third-order valence-electron chi connectivity index (χ3n) is 4.92. The van der Waals surface area contributed by atoms with E-state index in [1.807, 2.05) is 13.8 Å². The lowest BCUT2D eigenvalue weighted by molar-refractivity contribution is -0.130. The summed E-state index contributed by atoms with van der Waals surface area (Å²) < 4.78 is 16.8. The van der Waals surface area contributed by atoms with Crippen molar-refractivity contribution >= 4 is 35.5 Å². The number of ether oxygens (including phenoxy) is 3. The van der Waals surface area contributed by atoms with Gasteiger partial charge in [-0.1, -0.05) is 43.3 Å². The molecule has 0 saturated carbocycles. The van der Waals surface area contributed by atoms with Gasteiger partial charge in [-0.3, -0.25) is 19.8 Å². The average Bonchev–Trinajstić information content (AvgIpc) is 2.83. The molecule has 0 aromatic heterocycles. The van der Waals surface area contributed by atoms with E-state index >= 15 is 0 Å². The van der Waals surface area contributed by atoms with Crippen LogP contribution in [0, 0.1) is 0 Å². The standard InChI is InChI=1S/C26H27ClN2O6/c1-4-11-34-21-9-7-17(14-20(21)27)13-19-24(30)28-26(32)29(25(19)31)16-18-8-10-22(35-12-5-2)23(15-18)33-6-3/h4,7-10,13-15H,1,5-6,11-12,16H2,2-3H3,(H,28,30,32)/b19-13+. The van der Waals surface area contributed by atoms with E-state index in [9.17, 15) is 14.4 Å². The molecule has 0 atom stereocenters. The summed E-state index contributed by atoms with van der Waals surface area (Å²) in [5.41, 5.74) is 0.958. The highest BCUT2D eigenvalue weighted by molar-refractivity contribution is 6.33. The van der Waals surface area contributed by atoms with E-state index in [1.165, 1.54) is 6.08 Å². The Balaban J connectivity index is 1.84. The summed E-state index contributed by atoms with van der Waals surface area (Å²) in [7, 11) is 0. The van der Waals surface area contributed by atoms with Crippen molar-refractivity contribution < 1.29 is 28.6 Å². The van der Waals surface area contributed by atoms with E-state index in [4.69, 9.17) is 25.8 Å². The molecule has 4 amide bonds. The number of nitrogens with one attached hydrogen (secondary N) is 1. The van der Waals surface area contributed by atoms with Gasteiger partial charge in [0.15, 0.2) is 11.5 Å². The van der Waals surface area contributed by atoms with Crippen LogP contribution in [0.2, 0.25) is 5.02 Å². The van der Waals surface area contributed by atoms with Crippen LogP contribution in [0.5, 0.6) is 17.2 Å². The molecule has 1 N–H and O–H groups in total. The number of halogens is 1. The van der Waals surface area contributed by atoms with Gasteiger partial charge in [0.05, 0.1) is 24.8 Å². The summed E-state index contributed by atoms with van der Waals surface area (Å²) in [4.78, 5) is 39.0. The van der Waals surface area contributed by atoms with Crippen LogP contribution in [-0.2, 0) is 16.1 Å². The lowest BCUT2D eigenvalue weighted by atomic mass is 10.1. The molecule has 0 unspecified atom stereocenters. The quantitative estimate of drug-likeness (QED) is 0.273. The molecule has 3 rings (SSSR count). The highest BCUT2D eigenvalue weighted by Crippen LogP contribution is 2.30. The maximum atomic E-state index is 13.1. The number of amides is 4. The Morgan fingerprint density at radius 1 is 1.00 bits per heavy atom. The Labute approximate surface area is 209 Å². The van der Waals surface area contributed by atoms with E-state index < -0.39 is 17.8 Å². The largest absolute Gasteiger partial charge is 0.490 e. The number of nitrogens with zero attached hydrogens (tertiary/aromatic N) is 1. The Morgan fingerprint density at radius 3 is 2.46 bits per heavy atom. The summed E-state index contributed by atoms with van der Waals surface area (Å²) in [6.45, 7) is 8.63. The molecule has 1 fully saturated rings. The molecule has 35 heavy (non-hydrogen) atoms. The topological polar surface area (TPSA) is 94.2 Å². The van der Waals surface area contributed by atoms with Gasteiger partial charge >= 0.3 is 6.03 Å². The number of hydrogen-bond acceptors (Lipinski definition) is 6. The van der Waals surface area contributed by atoms with Crippen LogP contribution in [0.4, 0.5) is 4.79 Å². The molecule has 1 heterocycles. The molecular weight excluding hydrogens is 472 g/mol. The predicted molar refractivity (Wildman–Crippen MR) is 133 cm³/mol. The van der Waals surface area contributed by atoms with Crippen molar-refractivity contribution in [2.24, 2.45) is 0 Å². The van der Waals surface area contributed by atoms with Crippen LogP contribution in [0.25, 0.3) is 6.08 Å². The fourth-order valence-electron chi connectivity index (χ4n) is 3.31. The van der Waals surface area contributed by atoms with Gasteiger partial charge in [-0.05, 0) is 54.8 Å². The monoisotopic (exact) mass is 498 g/mol. The number of hydrogen-bond donors (Lipinski definition) is 1. The van der Waals surface area contributed by atoms with Gasteiger partial charge in [0.2, 0.25) is 0 Å². The Morgan fingerprint density at radius 2 is 1.77 bits per heavy atom. The van der Waals surface area contributed by atoms with E-state index in [-0.39, 0.29) is 18.7 Å². The van der Waals surface area contributed by atoms with Crippen molar-refractivity contribution in [3.05, 3.63) is 70.8 Å². The minimum Gasteiger partial charge on any atom is -0.490 e. The number of carbonyl (C=O) groups excluding carboxylic acids is 3. The van der Waals surface area contributed by atoms with E-state index in [0.717, 1.165) is 11.3 Å². The number of barbiturate groups is 1. The SMILES string of the molecule is C=CCOc1ccc(/C=C2\C(=O)NC(=O)N(Cc3ccc(OCCC)c(OCC)c3)C2=O)cc1Cl. The third-order valence-corrected chi connectivity index (χ3v) is 5.22. The number of benzene rings is 2. The lowest BCUT2D eigenvalue weighted by Crippen LogP contribution is -2.53. The Hall–Kier alpha value is -3.78. The second-order valence-corrected chi connectivity index (χ2v) is 7.97. The minimum absolute atomic E-state index is 0.0570. The van der Waals surface area contributed by atoms with Gasteiger partial charge < -0.3 is 14.2 Å². The normalized spacial score (nSPS) is 14.7. The van der Waals surface area contributed by atoms with E-state index in [2.05, 4.69) is 11.9 Å². The number of carbonyl (C=O) groups is 3. The van der Waals surface area contributed by atoms with Crippen LogP contribution in [0.1, 0.15) is 31.4 Å². The first-order valence-corrected chi connectivity index (χ1v) is 11.6. The first-order valence-electron chi connectivity index (χ1n) is 11.2. The minimum atomic E-state index is -0.798. The highest BCUT2D eigenvalue weighted by Gasteiger charge is 2.35. The molecule has 0 radical (unpaired) electrons. The van der Waals surface area contributed by atoms with Crippen molar-refractivity contribution in [2.75, 3.05) is 19.8 Å². The van der Waals surface area contributed by atoms with Crippen LogP contribution in [0.15, 0.2) is 54.6 Å². The maximum Gasteiger partial charge on any atom is 0.331 e. The zero-order valence-corrected chi connectivity index (χ0v) is 20.4. The molecule has 184 valence electrons. The molecule has 1 saturated heterocycles. The molecule has 2 aromatic carbocycles. The van der Waals surface area contributed by atoms with Crippen LogP contribution in [0.3, 0.4) is 0 Å². The van der Waals surface area contributed by atoms with Crippen molar-refractivity contribution in [2.45, 2.75) is 26.8 Å². The highest BCUT2D eigenvalue weighted by atomic mass is 35.5. The zero-order valence-electron chi connectivity index (χ0n) is 19.6. The fourth-order valence-corrected chi connectivity index (χ4v) is 3.55. The van der Waals surface area contributed by atoms with Crippen molar-refractivity contribution in [3.63, 3.8) is 0 Å². The summed E-state index contributed by atoms with van der Waals surface area (Å²) in [6.07, 6.45) is 3.81. The first-order chi connectivity index (χ1) is 16.9. The molecule has 1 aliphatic rings. The van der Waals surface area contributed by atoms with Crippen molar-refractivity contribution in [3.8, 4) is 17.2 Å². The Bertz CT molecular complexity index is 1160. The van der Waals surface area contributed by atoms with E-state index in [0.29, 0.717) is 46.6 Å². The fraction of sp³-hybridized carbons (Fsp3) is 0.269. The second-order valence-electron chi connectivity index (χ2n) is 7.56. The van der Waals surface area contributed by atoms with Gasteiger partial charge in [0.25, 0.3) is 11.8 Å². The molecule has 8 nitrogen and oxygen atoms in total. The molecule has 9 heteroatoms. The molecule has 1 aliphatic heterocycles. The lowest BCUT2D eigenvalue weighted by Gasteiger charge is -2.26. The summed E-state index contributed by atoms with van der Waals surface area (Å²) in [6, 6.07) is 9.26. The molecule has 0 spiro atoms. The predicted octanol–water partition coefficient (Wildman–Crippen LogP) is 4.75. The molecule has 2 aromatic rings. The second kappa shape index (κ2) is 12.1.